The molecule has 0 radical (unpaired) electrons. The first-order chi connectivity index (χ1) is 31.6. The molecule has 66 heavy (non-hydrogen) atoms. The maximum absolute atomic E-state index is 11.3. The monoisotopic (exact) mass is 917 g/mol. The fraction of sp³-hybridized carbons (Fsp3) is 0.418. The van der Waals surface area contributed by atoms with Crippen LogP contribution in [-0.2, 0) is 11.8 Å². The smallest absolute Gasteiger partial charge is 0.335 e. The van der Waals surface area contributed by atoms with Gasteiger partial charge in [0.2, 0.25) is 0 Å². The van der Waals surface area contributed by atoms with E-state index in [9.17, 15) is 29.7 Å². The maximum Gasteiger partial charge on any atom is 0.335 e. The van der Waals surface area contributed by atoms with Gasteiger partial charge in [-0.1, -0.05) is 118 Å². The number of unbranched alkanes of at least 4 members (excludes halogenated alkanes) is 1. The van der Waals surface area contributed by atoms with E-state index in [-0.39, 0.29) is 10.8 Å². The molecule has 7 atom stereocenters. The number of thiazole rings is 1. The van der Waals surface area contributed by atoms with E-state index in [4.69, 9.17) is 20.3 Å². The minimum Gasteiger partial charge on any atom is -0.478 e. The molecule has 3 aromatic carbocycles. The third-order valence-electron chi connectivity index (χ3n) is 13.7. The summed E-state index contributed by atoms with van der Waals surface area (Å²) in [4.78, 5) is 36.7. The van der Waals surface area contributed by atoms with Crippen LogP contribution in [0.2, 0.25) is 0 Å². The molecule has 10 nitrogen and oxygen atoms in total. The van der Waals surface area contributed by atoms with Gasteiger partial charge in [0, 0.05) is 17.5 Å². The Balaban J connectivity index is 0.000000241. The van der Waals surface area contributed by atoms with Gasteiger partial charge in [0.15, 0.2) is 0 Å². The van der Waals surface area contributed by atoms with Crippen LogP contribution in [-0.4, -0.2) is 71.8 Å². The van der Waals surface area contributed by atoms with Crippen molar-refractivity contribution >= 4 is 29.2 Å². The molecule has 4 fully saturated rings. The Morgan fingerprint density at radius 1 is 0.818 bits per heavy atom. The molecule has 4 aliphatic rings. The molecular formula is C55H67NO9S. The van der Waals surface area contributed by atoms with Crippen molar-refractivity contribution in [3.63, 3.8) is 0 Å². The van der Waals surface area contributed by atoms with Gasteiger partial charge in [-0.05, 0) is 135 Å². The molecule has 0 amide bonds. The van der Waals surface area contributed by atoms with E-state index in [2.05, 4.69) is 51.7 Å². The summed E-state index contributed by atoms with van der Waals surface area (Å²) in [5, 5.41) is 57.9. The first-order valence-electron chi connectivity index (χ1n) is 23.2. The normalized spacial score (nSPS) is 24.9. The largest absolute Gasteiger partial charge is 0.478 e. The molecule has 1 heterocycles. The van der Waals surface area contributed by atoms with E-state index in [1.165, 1.54) is 49.0 Å². The second-order valence-corrected chi connectivity index (χ2v) is 19.4. The number of fused-ring (bicyclic) bond motifs is 1. The van der Waals surface area contributed by atoms with Crippen molar-refractivity contribution in [2.75, 3.05) is 0 Å². The van der Waals surface area contributed by atoms with Crippen LogP contribution in [0.3, 0.4) is 0 Å². The number of allylic oxidation sites excluding steroid dienone is 4. The number of carboxylic acids is 3. The molecule has 6 N–H and O–H groups in total. The molecule has 0 bridgehead atoms. The van der Waals surface area contributed by atoms with Gasteiger partial charge in [-0.3, -0.25) is 0 Å². The van der Waals surface area contributed by atoms with Crippen LogP contribution in [0.25, 0.3) is 0 Å². The second-order valence-electron chi connectivity index (χ2n) is 18.3. The minimum atomic E-state index is -0.879. The molecule has 0 spiro atoms. The number of hydrogen-bond acceptors (Lipinski definition) is 8. The summed E-state index contributed by atoms with van der Waals surface area (Å²) in [5.41, 5.74) is 4.38. The SMILES string of the molecule is C=C1/C(=C\C=C2/CCC[C@]3(C)[C@@H]([C@H](C)/C=C/[C@H](O)C4(c5ncc(CCCC)s5)CC4)CC[C@@H]23)C[C@@H](O)C[C@@H]1O.O=C(O)c1ccccc1.O=C(O)c1ccccc1.O=C(O)c1ccccc1. The molecule has 1 aromatic heterocycles. The van der Waals surface area contributed by atoms with E-state index in [1.54, 1.807) is 91.0 Å². The summed E-state index contributed by atoms with van der Waals surface area (Å²) >= 11 is 1.81. The van der Waals surface area contributed by atoms with Crippen LogP contribution in [0.15, 0.2) is 145 Å². The van der Waals surface area contributed by atoms with Crippen LogP contribution in [0.5, 0.6) is 0 Å². The number of hydrogen-bond donors (Lipinski definition) is 6. The van der Waals surface area contributed by atoms with Crippen LogP contribution < -0.4 is 0 Å². The third kappa shape index (κ3) is 13.8. The Labute approximate surface area is 393 Å². The number of aliphatic hydroxyl groups excluding tert-OH is 3. The highest BCUT2D eigenvalue weighted by molar-refractivity contribution is 7.11. The lowest BCUT2D eigenvalue weighted by Gasteiger charge is -2.44. The molecule has 8 rings (SSSR count). The Kier molecular flexibility index (Phi) is 19.0. The summed E-state index contributed by atoms with van der Waals surface area (Å²) in [6.07, 6.45) is 21.8. The average Bonchev–Trinajstić information content (AvgIpc) is 3.85. The Bertz CT molecular complexity index is 2180. The standard InChI is InChI=1S/C34H49NO3S.3C7H6O2/c1-5-6-9-27-21-35-32(39-27)34(17-18-34)31(38)15-10-22(2)28-13-14-29-24(8-7-16-33(28,29)4)11-12-25-19-26(36)20-30(37)23(25)3;3*8-7(9)6-4-2-1-3-5-6/h10-12,15,21-22,26,28-31,36-38H,3,5-9,13-14,16-20H2,1-2,4H3;3*1-5H,(H,8,9)/b15-10+,24-11+,25-12-;;;/t22-,26-,28-,29+,30+,31+,33-;;;/m1.../s1. The highest BCUT2D eigenvalue weighted by atomic mass is 32.1. The predicted octanol–water partition coefficient (Wildman–Crippen LogP) is 11.4. The second kappa shape index (κ2) is 24.3. The number of carboxylic acid groups (broad SMARTS) is 3. The fourth-order valence-electron chi connectivity index (χ4n) is 9.72. The predicted molar refractivity (Wildman–Crippen MR) is 261 cm³/mol. The van der Waals surface area contributed by atoms with Crippen LogP contribution in [0.4, 0.5) is 0 Å². The van der Waals surface area contributed by atoms with Gasteiger partial charge in [0.1, 0.15) is 5.01 Å². The molecule has 11 heteroatoms. The molecule has 352 valence electrons. The van der Waals surface area contributed by atoms with Gasteiger partial charge >= 0.3 is 17.9 Å². The molecule has 4 saturated carbocycles. The zero-order valence-electron chi connectivity index (χ0n) is 38.5. The van der Waals surface area contributed by atoms with Crippen molar-refractivity contribution in [1.29, 1.82) is 0 Å². The zero-order valence-corrected chi connectivity index (χ0v) is 39.3. The number of aryl methyl sites for hydroxylation is 1. The summed E-state index contributed by atoms with van der Waals surface area (Å²) in [6, 6.07) is 24.9. The molecular weight excluding hydrogens is 851 g/mol. The quantitative estimate of drug-likeness (QED) is 0.0747. The topological polar surface area (TPSA) is 185 Å². The van der Waals surface area contributed by atoms with Gasteiger partial charge in [-0.25, -0.2) is 19.4 Å². The minimum absolute atomic E-state index is 0.161. The fourth-order valence-corrected chi connectivity index (χ4v) is 11.0. The number of benzene rings is 3. The number of nitrogens with zero attached hydrogens (tertiary/aromatic N) is 1. The highest BCUT2D eigenvalue weighted by Crippen LogP contribution is 2.60. The summed E-state index contributed by atoms with van der Waals surface area (Å²) < 4.78 is 0. The van der Waals surface area contributed by atoms with Gasteiger partial charge < -0.3 is 30.6 Å². The Morgan fingerprint density at radius 3 is 1.85 bits per heavy atom. The maximum atomic E-state index is 11.3. The van der Waals surface area contributed by atoms with Crippen LogP contribution >= 0.6 is 11.3 Å². The van der Waals surface area contributed by atoms with E-state index >= 15 is 0 Å². The lowest BCUT2D eigenvalue weighted by Crippen LogP contribution is -2.35. The molecule has 4 aromatic rings. The molecule has 0 saturated heterocycles. The molecule has 4 aliphatic carbocycles. The van der Waals surface area contributed by atoms with Gasteiger partial charge in [-0.2, -0.15) is 0 Å². The average molecular weight is 918 g/mol. The van der Waals surface area contributed by atoms with Crippen molar-refractivity contribution in [3.8, 4) is 0 Å². The van der Waals surface area contributed by atoms with Crippen LogP contribution in [0, 0.1) is 23.2 Å². The zero-order chi connectivity index (χ0) is 47.9. The lowest BCUT2D eigenvalue weighted by molar-refractivity contribution is 0.0686. The Hall–Kier alpha value is -5.46. The van der Waals surface area contributed by atoms with Crippen molar-refractivity contribution in [3.05, 3.63) is 171 Å². The van der Waals surface area contributed by atoms with Gasteiger partial charge in [-0.15, -0.1) is 11.3 Å². The van der Waals surface area contributed by atoms with Crippen molar-refractivity contribution in [2.45, 2.75) is 122 Å². The van der Waals surface area contributed by atoms with E-state index in [0.29, 0.717) is 47.3 Å². The highest BCUT2D eigenvalue weighted by Gasteiger charge is 2.53. The summed E-state index contributed by atoms with van der Waals surface area (Å²) in [6.45, 7) is 11.2. The van der Waals surface area contributed by atoms with Gasteiger partial charge in [0.25, 0.3) is 0 Å². The molecule has 0 aliphatic heterocycles. The van der Waals surface area contributed by atoms with Crippen molar-refractivity contribution < 1.29 is 45.0 Å². The van der Waals surface area contributed by atoms with Gasteiger partial charge in [0.05, 0.1) is 40.4 Å². The first kappa shape index (κ1) is 51.5. The number of aliphatic hydroxyl groups is 3. The lowest BCUT2D eigenvalue weighted by atomic mass is 9.61. The number of aromatic carboxylic acids is 3. The molecule has 0 unspecified atom stereocenters. The van der Waals surface area contributed by atoms with Crippen molar-refractivity contribution in [2.24, 2.45) is 23.2 Å². The van der Waals surface area contributed by atoms with E-state index in [0.717, 1.165) is 41.8 Å². The number of aromatic nitrogens is 1. The number of rotatable bonds is 12. The van der Waals surface area contributed by atoms with Crippen molar-refractivity contribution in [1.82, 2.24) is 4.98 Å². The summed E-state index contributed by atoms with van der Waals surface area (Å²) in [7, 11) is 0. The third-order valence-corrected chi connectivity index (χ3v) is 15.0. The summed E-state index contributed by atoms with van der Waals surface area (Å²) in [5.74, 6) is -1.04. The number of carbonyl (C=O) groups is 3. The first-order valence-corrected chi connectivity index (χ1v) is 24.0. The van der Waals surface area contributed by atoms with Crippen LogP contribution in [0.1, 0.15) is 132 Å². The Morgan fingerprint density at radius 2 is 1.36 bits per heavy atom. The van der Waals surface area contributed by atoms with E-state index in [1.807, 2.05) is 17.5 Å². The van der Waals surface area contributed by atoms with E-state index < -0.39 is 36.2 Å².